The van der Waals surface area contributed by atoms with Crippen molar-refractivity contribution in [2.24, 2.45) is 0 Å². The summed E-state index contributed by atoms with van der Waals surface area (Å²) in [7, 11) is -1.47. The summed E-state index contributed by atoms with van der Waals surface area (Å²) in [6.45, 7) is 0. The van der Waals surface area contributed by atoms with Crippen LogP contribution >= 0.6 is 0 Å². The monoisotopic (exact) mass is 706 g/mol. The molecule has 3 aromatic carbocycles. The Bertz CT molecular complexity index is 2370. The number of rotatable bonds is 11. The maximum Gasteiger partial charge on any atom is 0.319 e. The molecule has 0 atom stereocenters. The van der Waals surface area contributed by atoms with E-state index in [0.717, 1.165) is 24.4 Å². The fourth-order valence-corrected chi connectivity index (χ4v) is 6.58. The zero-order valence-corrected chi connectivity index (χ0v) is 26.9. The number of pyridine rings is 1. The lowest BCUT2D eigenvalue weighted by atomic mass is 10.0. The van der Waals surface area contributed by atoms with Crippen LogP contribution in [-0.2, 0) is 10.0 Å². The molecule has 0 spiro atoms. The number of hydrogen-bond acceptors (Lipinski definition) is 12. The number of halogens is 3. The Labute approximate surface area is 281 Å². The van der Waals surface area contributed by atoms with Crippen LogP contribution in [0.2, 0.25) is 0 Å². The Morgan fingerprint density at radius 3 is 2.32 bits per heavy atom. The third kappa shape index (κ3) is 6.68. The van der Waals surface area contributed by atoms with E-state index in [1.54, 1.807) is 0 Å². The molecule has 3 aromatic heterocycles. The molecule has 1 saturated carbocycles. The first-order valence-corrected chi connectivity index (χ1v) is 16.3. The van der Waals surface area contributed by atoms with Crippen LogP contribution in [0, 0.1) is 17.5 Å². The molecule has 1 aliphatic carbocycles. The van der Waals surface area contributed by atoms with Crippen LogP contribution in [0.25, 0.3) is 33.4 Å². The second-order valence-corrected chi connectivity index (χ2v) is 12.8. The van der Waals surface area contributed by atoms with Crippen LogP contribution < -0.4 is 24.2 Å². The van der Waals surface area contributed by atoms with E-state index in [9.17, 15) is 22.3 Å². The number of methoxy groups -OCH3 is 2. The van der Waals surface area contributed by atoms with Crippen molar-refractivity contribution in [3.8, 4) is 51.7 Å². The number of aromatic nitrogens is 4. The lowest BCUT2D eigenvalue weighted by molar-refractivity contribution is 0.353. The molecule has 1 aliphatic rings. The van der Waals surface area contributed by atoms with Gasteiger partial charge in [-0.15, -0.1) is 0 Å². The van der Waals surface area contributed by atoms with E-state index in [4.69, 9.17) is 18.7 Å². The summed E-state index contributed by atoms with van der Waals surface area (Å²) >= 11 is 0. The van der Waals surface area contributed by atoms with Crippen LogP contribution in [-0.4, -0.2) is 53.9 Å². The van der Waals surface area contributed by atoms with Gasteiger partial charge in [-0.2, -0.15) is 4.98 Å². The normalized spacial score (nSPS) is 13.0. The zero-order valence-electron chi connectivity index (χ0n) is 26.1. The summed E-state index contributed by atoms with van der Waals surface area (Å²) in [6.07, 6.45) is 3.77. The van der Waals surface area contributed by atoms with E-state index >= 15 is 4.39 Å². The minimum absolute atomic E-state index is 0.0131. The number of sulfonamides is 1. The molecule has 3 heterocycles. The predicted molar refractivity (Wildman–Crippen MR) is 172 cm³/mol. The third-order valence-electron chi connectivity index (χ3n) is 7.52. The van der Waals surface area contributed by atoms with Gasteiger partial charge in [-0.25, -0.2) is 31.3 Å². The van der Waals surface area contributed by atoms with Crippen molar-refractivity contribution < 1.29 is 45.4 Å². The average molecular weight is 707 g/mol. The van der Waals surface area contributed by atoms with Gasteiger partial charge in [-0.05, 0) is 47.8 Å². The van der Waals surface area contributed by atoms with Crippen molar-refractivity contribution in [2.45, 2.75) is 23.8 Å². The summed E-state index contributed by atoms with van der Waals surface area (Å²) in [5, 5.41) is 16.1. The number of benzene rings is 3. The van der Waals surface area contributed by atoms with Crippen molar-refractivity contribution in [3.05, 3.63) is 84.4 Å². The lowest BCUT2D eigenvalue weighted by Gasteiger charge is -2.18. The molecule has 256 valence electrons. The molecular weight excluding hydrogens is 681 g/mol. The average Bonchev–Trinajstić information content (AvgIpc) is 3.77. The van der Waals surface area contributed by atoms with Gasteiger partial charge in [0, 0.05) is 60.0 Å². The predicted octanol–water partition coefficient (Wildman–Crippen LogP) is 6.46. The molecule has 13 nitrogen and oxygen atoms in total. The first-order chi connectivity index (χ1) is 24.0. The molecule has 7 rings (SSSR count). The molecule has 3 N–H and O–H groups in total. The van der Waals surface area contributed by atoms with Gasteiger partial charge in [0.05, 0.1) is 36.4 Å². The van der Waals surface area contributed by atoms with Gasteiger partial charge in [0.1, 0.15) is 33.8 Å². The van der Waals surface area contributed by atoms with Crippen molar-refractivity contribution in [1.29, 1.82) is 0 Å². The fraction of sp³-hybridized carbons (Fsp3) is 0.152. The quantitative estimate of drug-likeness (QED) is 0.135. The highest BCUT2D eigenvalue weighted by atomic mass is 32.2. The number of fused-ring (bicyclic) bond motifs is 1. The molecule has 0 unspecified atom stereocenters. The summed E-state index contributed by atoms with van der Waals surface area (Å²) in [4.78, 5) is 12.2. The minimum Gasteiger partial charge on any atom is -0.491 e. The third-order valence-corrected chi connectivity index (χ3v) is 9.06. The number of aromatic hydroxyl groups is 1. The fourth-order valence-electron chi connectivity index (χ4n) is 5.17. The first-order valence-electron chi connectivity index (χ1n) is 14.8. The highest BCUT2D eigenvalue weighted by Gasteiger charge is 2.31. The largest absolute Gasteiger partial charge is 0.491 e. The van der Waals surface area contributed by atoms with Gasteiger partial charge in [0.25, 0.3) is 5.88 Å². The zero-order chi connectivity index (χ0) is 35.2. The second-order valence-electron chi connectivity index (χ2n) is 11.2. The minimum atomic E-state index is -4.24. The smallest absolute Gasteiger partial charge is 0.319 e. The van der Waals surface area contributed by atoms with E-state index in [1.807, 2.05) is 0 Å². The molecule has 0 aliphatic heterocycles. The van der Waals surface area contributed by atoms with Crippen LogP contribution in [0.1, 0.15) is 12.8 Å². The molecule has 50 heavy (non-hydrogen) atoms. The number of ether oxygens (including phenoxy) is 3. The second kappa shape index (κ2) is 12.8. The number of nitrogens with zero attached hydrogens (tertiary/aromatic N) is 4. The Morgan fingerprint density at radius 1 is 0.880 bits per heavy atom. The van der Waals surface area contributed by atoms with Gasteiger partial charge in [-0.1, -0.05) is 0 Å². The maximum absolute atomic E-state index is 16.4. The van der Waals surface area contributed by atoms with Crippen LogP contribution in [0.15, 0.2) is 76.4 Å². The van der Waals surface area contributed by atoms with E-state index < -0.39 is 33.4 Å². The summed E-state index contributed by atoms with van der Waals surface area (Å²) in [6, 6.07) is 10.5. The van der Waals surface area contributed by atoms with Gasteiger partial charge >= 0.3 is 6.01 Å². The molecule has 17 heteroatoms. The SMILES string of the molecule is COc1ncc(-c2cc(F)c3c(Nc4cc(Oc5cc(F)cc(F)c5)cc(-c5cc(O)no5)c4)c(S(=O)(=O)NC4CC4)cnc3c2)c(OC)n1. The van der Waals surface area contributed by atoms with Gasteiger partial charge in [0.15, 0.2) is 5.76 Å². The Kier molecular flexibility index (Phi) is 8.36. The topological polar surface area (TPSA) is 171 Å². The highest BCUT2D eigenvalue weighted by Crippen LogP contribution is 2.40. The first kappa shape index (κ1) is 32.6. The van der Waals surface area contributed by atoms with E-state index in [1.165, 1.54) is 50.7 Å². The van der Waals surface area contributed by atoms with Crippen molar-refractivity contribution in [1.82, 2.24) is 24.8 Å². The number of hydrogen-bond donors (Lipinski definition) is 3. The van der Waals surface area contributed by atoms with Crippen LogP contribution in [0.5, 0.6) is 29.3 Å². The van der Waals surface area contributed by atoms with Gasteiger partial charge in [0.2, 0.25) is 15.9 Å². The molecule has 0 saturated heterocycles. The molecular formula is C33H25F3N6O7S. The summed E-state index contributed by atoms with van der Waals surface area (Å²) in [5.74, 6) is -3.05. The van der Waals surface area contributed by atoms with Crippen molar-refractivity contribution in [2.75, 3.05) is 19.5 Å². The highest BCUT2D eigenvalue weighted by molar-refractivity contribution is 7.89. The lowest BCUT2D eigenvalue weighted by Crippen LogP contribution is -2.26. The molecule has 0 radical (unpaired) electrons. The Morgan fingerprint density at radius 2 is 1.64 bits per heavy atom. The molecule has 0 amide bonds. The summed E-state index contributed by atoms with van der Waals surface area (Å²) < 4.78 is 95.6. The van der Waals surface area contributed by atoms with Gasteiger partial charge < -0.3 is 29.2 Å². The van der Waals surface area contributed by atoms with E-state index in [0.29, 0.717) is 24.5 Å². The van der Waals surface area contributed by atoms with Gasteiger partial charge in [-0.3, -0.25) is 4.98 Å². The van der Waals surface area contributed by atoms with E-state index in [-0.39, 0.29) is 73.5 Å². The van der Waals surface area contributed by atoms with Crippen molar-refractivity contribution in [3.63, 3.8) is 0 Å². The van der Waals surface area contributed by atoms with Crippen LogP contribution in [0.3, 0.4) is 0 Å². The molecule has 0 bridgehead atoms. The van der Waals surface area contributed by atoms with Crippen molar-refractivity contribution >= 4 is 32.3 Å². The molecule has 6 aromatic rings. The number of anilines is 2. The standard InChI is InChI=1S/C33H25F3N6O7S/c1-46-32-24(14-38-33(40-32)47-2)16-7-25(36)30-26(8-16)37-15-28(50(44,45)42-20-3-4-20)31(30)39-21-5-17(27-13-29(43)41-49-27)6-22(12-21)48-23-10-18(34)9-19(35)11-23/h5-15,20,42H,3-4H2,1-2H3,(H,37,39)(H,41,43). The molecule has 1 fully saturated rings. The van der Waals surface area contributed by atoms with E-state index in [2.05, 4.69) is 30.1 Å². The number of nitrogens with one attached hydrogen (secondary N) is 2. The Hall–Kier alpha value is -5.94. The maximum atomic E-state index is 16.4. The summed E-state index contributed by atoms with van der Waals surface area (Å²) in [5.41, 5.74) is 0.873. The van der Waals surface area contributed by atoms with Crippen LogP contribution in [0.4, 0.5) is 24.5 Å². The Balaban J connectivity index is 1.39.